The molecule has 1 heterocycles. The molecule has 3 heteroatoms. The third-order valence-electron chi connectivity index (χ3n) is 3.90. The maximum Gasteiger partial charge on any atom is 0.176 e. The maximum atomic E-state index is 5.89. The fourth-order valence-corrected chi connectivity index (χ4v) is 2.65. The zero-order valence-corrected chi connectivity index (χ0v) is 13.0. The van der Waals surface area contributed by atoms with E-state index in [1.165, 1.54) is 5.56 Å². The van der Waals surface area contributed by atoms with Crippen molar-refractivity contribution in [1.82, 2.24) is 5.32 Å². The van der Waals surface area contributed by atoms with E-state index < -0.39 is 0 Å². The molecule has 0 bridgehead atoms. The first-order chi connectivity index (χ1) is 10.8. The Morgan fingerprint density at radius 1 is 1.09 bits per heavy atom. The van der Waals surface area contributed by atoms with Gasteiger partial charge in [0, 0.05) is 11.9 Å². The Balaban J connectivity index is 1.62. The van der Waals surface area contributed by atoms with E-state index in [0.29, 0.717) is 5.92 Å². The second-order valence-corrected chi connectivity index (χ2v) is 5.53. The van der Waals surface area contributed by atoms with Gasteiger partial charge in [-0.05, 0) is 23.6 Å². The zero-order chi connectivity index (χ0) is 15.4. The van der Waals surface area contributed by atoms with E-state index in [4.69, 9.17) is 9.15 Å². The van der Waals surface area contributed by atoms with Crippen LogP contribution in [0.4, 0.5) is 0 Å². The molecule has 0 aliphatic heterocycles. The molecule has 2 aromatic carbocycles. The first kappa shape index (κ1) is 14.7. The average Bonchev–Trinajstić information content (AvgIpc) is 2.98. The van der Waals surface area contributed by atoms with Crippen molar-refractivity contribution in [3.8, 4) is 5.75 Å². The van der Waals surface area contributed by atoms with E-state index in [-0.39, 0.29) is 0 Å². The van der Waals surface area contributed by atoms with E-state index in [1.54, 1.807) is 7.11 Å². The number of benzene rings is 2. The summed E-state index contributed by atoms with van der Waals surface area (Å²) in [4.78, 5) is 0. The Morgan fingerprint density at radius 2 is 1.91 bits per heavy atom. The molecule has 1 atom stereocenters. The smallest absolute Gasteiger partial charge is 0.176 e. The highest BCUT2D eigenvalue weighted by molar-refractivity contribution is 5.83. The topological polar surface area (TPSA) is 34.4 Å². The number of ether oxygens (including phenoxy) is 1. The molecule has 3 nitrogen and oxygen atoms in total. The number of hydrogen-bond acceptors (Lipinski definition) is 3. The summed E-state index contributed by atoms with van der Waals surface area (Å²) in [6.45, 7) is 3.86. The molecule has 0 fully saturated rings. The van der Waals surface area contributed by atoms with Crippen molar-refractivity contribution in [2.24, 2.45) is 0 Å². The minimum Gasteiger partial charge on any atom is -0.493 e. The Hall–Kier alpha value is -2.26. The van der Waals surface area contributed by atoms with Crippen LogP contribution in [0.15, 0.2) is 59.0 Å². The lowest BCUT2D eigenvalue weighted by Gasteiger charge is -2.12. The van der Waals surface area contributed by atoms with Crippen molar-refractivity contribution in [1.29, 1.82) is 0 Å². The Labute approximate surface area is 130 Å². The van der Waals surface area contributed by atoms with Crippen molar-refractivity contribution in [2.45, 2.75) is 19.4 Å². The summed E-state index contributed by atoms with van der Waals surface area (Å²) in [6, 6.07) is 18.5. The van der Waals surface area contributed by atoms with Gasteiger partial charge in [0.05, 0.1) is 13.7 Å². The maximum absolute atomic E-state index is 5.89. The molecule has 0 aliphatic carbocycles. The first-order valence-electron chi connectivity index (χ1n) is 7.59. The van der Waals surface area contributed by atoms with Gasteiger partial charge in [-0.25, -0.2) is 0 Å². The van der Waals surface area contributed by atoms with Gasteiger partial charge in [-0.15, -0.1) is 0 Å². The zero-order valence-electron chi connectivity index (χ0n) is 13.0. The van der Waals surface area contributed by atoms with Crippen molar-refractivity contribution in [3.05, 3.63) is 65.9 Å². The molecule has 1 aromatic heterocycles. The fourth-order valence-electron chi connectivity index (χ4n) is 2.65. The van der Waals surface area contributed by atoms with E-state index >= 15 is 0 Å². The molecule has 0 saturated carbocycles. The quantitative estimate of drug-likeness (QED) is 0.735. The highest BCUT2D eigenvalue weighted by Crippen LogP contribution is 2.28. The fraction of sp³-hybridized carbons (Fsp3) is 0.263. The number of fused-ring (bicyclic) bond motifs is 1. The van der Waals surface area contributed by atoms with Crippen LogP contribution in [0.5, 0.6) is 5.75 Å². The van der Waals surface area contributed by atoms with Crippen LogP contribution in [0, 0.1) is 0 Å². The van der Waals surface area contributed by atoms with Gasteiger partial charge in [-0.3, -0.25) is 0 Å². The Morgan fingerprint density at radius 3 is 2.68 bits per heavy atom. The van der Waals surface area contributed by atoms with Crippen LogP contribution in [0.2, 0.25) is 0 Å². The van der Waals surface area contributed by atoms with Gasteiger partial charge in [0.2, 0.25) is 0 Å². The SMILES string of the molecule is COc1cccc2cc(CNCC(C)c3ccccc3)oc12. The van der Waals surface area contributed by atoms with Crippen LogP contribution >= 0.6 is 0 Å². The van der Waals surface area contributed by atoms with Crippen molar-refractivity contribution in [2.75, 3.05) is 13.7 Å². The first-order valence-corrected chi connectivity index (χ1v) is 7.59. The second kappa shape index (κ2) is 6.67. The molecule has 22 heavy (non-hydrogen) atoms. The lowest BCUT2D eigenvalue weighted by atomic mass is 10.0. The summed E-state index contributed by atoms with van der Waals surface area (Å²) < 4.78 is 11.2. The second-order valence-electron chi connectivity index (χ2n) is 5.53. The van der Waals surface area contributed by atoms with Crippen LogP contribution in [-0.4, -0.2) is 13.7 Å². The van der Waals surface area contributed by atoms with Gasteiger partial charge in [0.15, 0.2) is 11.3 Å². The molecule has 0 amide bonds. The molecule has 0 saturated heterocycles. The van der Waals surface area contributed by atoms with Gasteiger partial charge in [-0.1, -0.05) is 49.4 Å². The Bertz CT molecular complexity index is 734. The summed E-state index contributed by atoms with van der Waals surface area (Å²) >= 11 is 0. The van der Waals surface area contributed by atoms with Gasteiger partial charge in [0.1, 0.15) is 5.76 Å². The largest absolute Gasteiger partial charge is 0.493 e. The van der Waals surface area contributed by atoms with Gasteiger partial charge in [-0.2, -0.15) is 0 Å². The lowest BCUT2D eigenvalue weighted by Crippen LogP contribution is -2.19. The highest BCUT2D eigenvalue weighted by atomic mass is 16.5. The highest BCUT2D eigenvalue weighted by Gasteiger charge is 2.09. The molecule has 0 radical (unpaired) electrons. The minimum absolute atomic E-state index is 0.472. The lowest BCUT2D eigenvalue weighted by molar-refractivity contribution is 0.406. The van der Waals surface area contributed by atoms with Crippen LogP contribution in [-0.2, 0) is 6.54 Å². The molecule has 0 aliphatic rings. The molecular weight excluding hydrogens is 274 g/mol. The normalized spacial score (nSPS) is 12.5. The van der Waals surface area contributed by atoms with Crippen molar-refractivity contribution in [3.63, 3.8) is 0 Å². The monoisotopic (exact) mass is 295 g/mol. The molecular formula is C19H21NO2. The molecule has 3 aromatic rings. The van der Waals surface area contributed by atoms with Crippen molar-refractivity contribution >= 4 is 11.0 Å². The molecule has 114 valence electrons. The number of hydrogen-bond donors (Lipinski definition) is 1. The number of para-hydroxylation sites is 1. The standard InChI is InChI=1S/C19H21NO2/c1-14(15-7-4-3-5-8-15)12-20-13-17-11-16-9-6-10-18(21-2)19(16)22-17/h3-11,14,20H,12-13H2,1-2H3. The van der Waals surface area contributed by atoms with E-state index in [9.17, 15) is 0 Å². The van der Waals surface area contributed by atoms with Crippen LogP contribution in [0.25, 0.3) is 11.0 Å². The number of nitrogens with one attached hydrogen (secondary N) is 1. The summed E-state index contributed by atoms with van der Waals surface area (Å²) in [5, 5.41) is 4.54. The third-order valence-corrected chi connectivity index (χ3v) is 3.90. The van der Waals surface area contributed by atoms with Crippen LogP contribution < -0.4 is 10.1 Å². The summed E-state index contributed by atoms with van der Waals surface area (Å²) in [6.07, 6.45) is 0. The van der Waals surface area contributed by atoms with Gasteiger partial charge >= 0.3 is 0 Å². The number of methoxy groups -OCH3 is 1. The van der Waals surface area contributed by atoms with Gasteiger partial charge in [0.25, 0.3) is 0 Å². The average molecular weight is 295 g/mol. The molecule has 1 N–H and O–H groups in total. The number of furan rings is 1. The summed E-state index contributed by atoms with van der Waals surface area (Å²) in [5.41, 5.74) is 2.17. The summed E-state index contributed by atoms with van der Waals surface area (Å²) in [5.74, 6) is 2.18. The minimum atomic E-state index is 0.472. The van der Waals surface area contributed by atoms with E-state index in [0.717, 1.165) is 35.6 Å². The van der Waals surface area contributed by atoms with E-state index in [2.05, 4.69) is 42.6 Å². The molecule has 1 unspecified atom stereocenters. The van der Waals surface area contributed by atoms with E-state index in [1.807, 2.05) is 24.3 Å². The number of rotatable bonds is 6. The summed E-state index contributed by atoms with van der Waals surface area (Å²) in [7, 11) is 1.66. The predicted molar refractivity (Wildman–Crippen MR) is 89.3 cm³/mol. The predicted octanol–water partition coefficient (Wildman–Crippen LogP) is 4.33. The molecule has 3 rings (SSSR count). The van der Waals surface area contributed by atoms with Gasteiger partial charge < -0.3 is 14.5 Å². The Kier molecular flexibility index (Phi) is 4.45. The van der Waals surface area contributed by atoms with Crippen LogP contribution in [0.3, 0.4) is 0 Å². The van der Waals surface area contributed by atoms with Crippen molar-refractivity contribution < 1.29 is 9.15 Å². The molecule has 0 spiro atoms. The van der Waals surface area contributed by atoms with Crippen LogP contribution in [0.1, 0.15) is 24.2 Å². The third kappa shape index (κ3) is 3.15.